The van der Waals surface area contributed by atoms with Crippen molar-refractivity contribution in [3.05, 3.63) is 35.1 Å². The second-order valence-electron chi connectivity index (χ2n) is 3.44. The van der Waals surface area contributed by atoms with Crippen LogP contribution in [0.4, 0.5) is 4.39 Å². The van der Waals surface area contributed by atoms with Crippen molar-refractivity contribution in [1.29, 1.82) is 0 Å². The van der Waals surface area contributed by atoms with Gasteiger partial charge in [-0.3, -0.25) is 4.79 Å². The first-order valence-corrected chi connectivity index (χ1v) is 5.03. The molecule has 0 radical (unpaired) electrons. The number of ether oxygens (including phenoxy) is 1. The van der Waals surface area contributed by atoms with Crippen molar-refractivity contribution in [2.24, 2.45) is 0 Å². The Kier molecular flexibility index (Phi) is 4.28. The molecule has 1 rings (SSSR count). The summed E-state index contributed by atoms with van der Waals surface area (Å²) in [6.45, 7) is 3.99. The molecule has 0 atom stereocenters. The van der Waals surface area contributed by atoms with Gasteiger partial charge in [0.05, 0.1) is 6.61 Å². The predicted molar refractivity (Wildman–Crippen MR) is 56.1 cm³/mol. The van der Waals surface area contributed by atoms with Crippen molar-refractivity contribution in [2.75, 3.05) is 6.61 Å². The van der Waals surface area contributed by atoms with E-state index in [4.69, 9.17) is 4.74 Å². The minimum absolute atomic E-state index is 0.237. The van der Waals surface area contributed by atoms with Crippen LogP contribution in [0.5, 0.6) is 0 Å². The molecule has 0 heterocycles. The third-order valence-corrected chi connectivity index (χ3v) is 2.03. The first-order valence-electron chi connectivity index (χ1n) is 5.03. The first-order chi connectivity index (χ1) is 7.11. The Morgan fingerprint density at radius 2 is 2.13 bits per heavy atom. The number of hydrogen-bond acceptors (Lipinski definition) is 2. The van der Waals surface area contributed by atoms with E-state index < -0.39 is 0 Å². The molecule has 0 aromatic heterocycles. The van der Waals surface area contributed by atoms with E-state index in [1.54, 1.807) is 6.92 Å². The normalized spacial score (nSPS) is 10.1. The van der Waals surface area contributed by atoms with Gasteiger partial charge < -0.3 is 4.74 Å². The summed E-state index contributed by atoms with van der Waals surface area (Å²) in [5, 5.41) is 0. The van der Waals surface area contributed by atoms with Crippen LogP contribution in [-0.4, -0.2) is 12.6 Å². The van der Waals surface area contributed by atoms with Crippen molar-refractivity contribution in [3.8, 4) is 0 Å². The van der Waals surface area contributed by atoms with Crippen LogP contribution in [0.2, 0.25) is 0 Å². The SMILES string of the molecule is CCOC(=O)CCc1cc(C)cc(F)c1. The topological polar surface area (TPSA) is 26.3 Å². The molecule has 0 fully saturated rings. The smallest absolute Gasteiger partial charge is 0.306 e. The van der Waals surface area contributed by atoms with Crippen molar-refractivity contribution >= 4 is 5.97 Å². The average molecular weight is 210 g/mol. The third kappa shape index (κ3) is 4.11. The van der Waals surface area contributed by atoms with Gasteiger partial charge in [-0.05, 0) is 43.5 Å². The summed E-state index contributed by atoms with van der Waals surface area (Å²) < 4.78 is 17.8. The summed E-state index contributed by atoms with van der Waals surface area (Å²) in [6.07, 6.45) is 0.828. The van der Waals surface area contributed by atoms with Gasteiger partial charge in [-0.15, -0.1) is 0 Å². The lowest BCUT2D eigenvalue weighted by molar-refractivity contribution is -0.143. The van der Waals surface area contributed by atoms with E-state index in [9.17, 15) is 9.18 Å². The molecule has 1 aromatic carbocycles. The lowest BCUT2D eigenvalue weighted by Crippen LogP contribution is -2.05. The quantitative estimate of drug-likeness (QED) is 0.714. The molecule has 0 amide bonds. The van der Waals surface area contributed by atoms with Gasteiger partial charge in [0, 0.05) is 6.42 Å². The van der Waals surface area contributed by atoms with Gasteiger partial charge in [-0.25, -0.2) is 4.39 Å². The molecule has 15 heavy (non-hydrogen) atoms. The van der Waals surface area contributed by atoms with Crippen molar-refractivity contribution in [2.45, 2.75) is 26.7 Å². The molecule has 0 unspecified atom stereocenters. The van der Waals surface area contributed by atoms with Crippen LogP contribution in [0.1, 0.15) is 24.5 Å². The van der Waals surface area contributed by atoms with E-state index in [1.165, 1.54) is 12.1 Å². The highest BCUT2D eigenvalue weighted by molar-refractivity contribution is 5.69. The Morgan fingerprint density at radius 1 is 1.40 bits per heavy atom. The summed E-state index contributed by atoms with van der Waals surface area (Å²) in [6, 6.07) is 4.79. The standard InChI is InChI=1S/C12H15FO2/c1-3-15-12(14)5-4-10-6-9(2)7-11(13)8-10/h6-8H,3-5H2,1-2H3. The molecule has 82 valence electrons. The summed E-state index contributed by atoms with van der Waals surface area (Å²) in [4.78, 5) is 11.1. The number of carbonyl (C=O) groups is 1. The molecule has 0 aliphatic heterocycles. The fraction of sp³-hybridized carbons (Fsp3) is 0.417. The molecule has 1 aromatic rings. The second kappa shape index (κ2) is 5.49. The summed E-state index contributed by atoms with van der Waals surface area (Å²) in [5.41, 5.74) is 1.70. The Labute approximate surface area is 89.1 Å². The molecule has 0 N–H and O–H groups in total. The van der Waals surface area contributed by atoms with E-state index in [-0.39, 0.29) is 11.8 Å². The number of esters is 1. The highest BCUT2D eigenvalue weighted by Crippen LogP contribution is 2.10. The average Bonchev–Trinajstić information content (AvgIpc) is 2.14. The number of carbonyl (C=O) groups excluding carboxylic acids is 1. The number of benzene rings is 1. The third-order valence-electron chi connectivity index (χ3n) is 2.03. The zero-order valence-corrected chi connectivity index (χ0v) is 9.05. The molecule has 2 nitrogen and oxygen atoms in total. The van der Waals surface area contributed by atoms with Gasteiger partial charge in [-0.1, -0.05) is 6.07 Å². The Bertz CT molecular complexity index is 327. The lowest BCUT2D eigenvalue weighted by Gasteiger charge is -2.03. The van der Waals surface area contributed by atoms with E-state index in [1.807, 2.05) is 13.0 Å². The van der Waals surface area contributed by atoms with Gasteiger partial charge in [0.25, 0.3) is 0 Å². The van der Waals surface area contributed by atoms with Crippen molar-refractivity contribution in [1.82, 2.24) is 0 Å². The van der Waals surface area contributed by atoms with Crippen molar-refractivity contribution in [3.63, 3.8) is 0 Å². The summed E-state index contributed by atoms with van der Waals surface area (Å²) in [7, 11) is 0. The maximum Gasteiger partial charge on any atom is 0.306 e. The van der Waals surface area contributed by atoms with Crippen LogP contribution in [0.25, 0.3) is 0 Å². The molecule has 0 aliphatic rings. The predicted octanol–water partition coefficient (Wildman–Crippen LogP) is 2.63. The minimum Gasteiger partial charge on any atom is -0.466 e. The fourth-order valence-electron chi connectivity index (χ4n) is 1.44. The zero-order valence-electron chi connectivity index (χ0n) is 9.05. The summed E-state index contributed by atoms with van der Waals surface area (Å²) >= 11 is 0. The monoisotopic (exact) mass is 210 g/mol. The highest BCUT2D eigenvalue weighted by Gasteiger charge is 2.04. The van der Waals surface area contributed by atoms with E-state index >= 15 is 0 Å². The summed E-state index contributed by atoms with van der Waals surface area (Å²) in [5.74, 6) is -0.492. The first kappa shape index (κ1) is 11.7. The fourth-order valence-corrected chi connectivity index (χ4v) is 1.44. The van der Waals surface area contributed by atoms with E-state index in [0.29, 0.717) is 19.4 Å². The van der Waals surface area contributed by atoms with Crippen molar-refractivity contribution < 1.29 is 13.9 Å². The molecule has 0 aliphatic carbocycles. The van der Waals surface area contributed by atoms with Gasteiger partial charge >= 0.3 is 5.97 Å². The maximum absolute atomic E-state index is 13.0. The van der Waals surface area contributed by atoms with Gasteiger partial charge in [0.2, 0.25) is 0 Å². The van der Waals surface area contributed by atoms with Gasteiger partial charge in [0.1, 0.15) is 5.82 Å². The zero-order chi connectivity index (χ0) is 11.3. The maximum atomic E-state index is 13.0. The van der Waals surface area contributed by atoms with Crippen LogP contribution in [0.3, 0.4) is 0 Å². The van der Waals surface area contributed by atoms with Crippen LogP contribution in [-0.2, 0) is 16.0 Å². The van der Waals surface area contributed by atoms with E-state index in [0.717, 1.165) is 11.1 Å². The van der Waals surface area contributed by atoms with Crippen LogP contribution >= 0.6 is 0 Å². The highest BCUT2D eigenvalue weighted by atomic mass is 19.1. The molecule has 0 spiro atoms. The number of halogens is 1. The molecular weight excluding hydrogens is 195 g/mol. The Balaban J connectivity index is 2.54. The molecular formula is C12H15FO2. The largest absolute Gasteiger partial charge is 0.466 e. The molecule has 3 heteroatoms. The Morgan fingerprint density at radius 3 is 2.73 bits per heavy atom. The number of aryl methyl sites for hydroxylation is 2. The minimum atomic E-state index is -0.256. The second-order valence-corrected chi connectivity index (χ2v) is 3.44. The Hall–Kier alpha value is -1.38. The van der Waals surface area contributed by atoms with Crippen LogP contribution in [0.15, 0.2) is 18.2 Å². The van der Waals surface area contributed by atoms with Gasteiger partial charge in [0.15, 0.2) is 0 Å². The van der Waals surface area contributed by atoms with Crippen LogP contribution < -0.4 is 0 Å². The molecule has 0 saturated heterocycles. The van der Waals surface area contributed by atoms with Crippen LogP contribution in [0, 0.1) is 12.7 Å². The number of rotatable bonds is 4. The molecule has 0 bridgehead atoms. The molecule has 0 saturated carbocycles. The van der Waals surface area contributed by atoms with E-state index in [2.05, 4.69) is 0 Å². The van der Waals surface area contributed by atoms with Gasteiger partial charge in [-0.2, -0.15) is 0 Å². The number of hydrogen-bond donors (Lipinski definition) is 0. The lowest BCUT2D eigenvalue weighted by atomic mass is 10.1.